The van der Waals surface area contributed by atoms with Crippen LogP contribution in [-0.4, -0.2) is 15.0 Å². The van der Waals surface area contributed by atoms with E-state index in [1.807, 2.05) is 6.92 Å². The van der Waals surface area contributed by atoms with Crippen LogP contribution in [0.2, 0.25) is 5.02 Å². The third kappa shape index (κ3) is 4.23. The van der Waals surface area contributed by atoms with Crippen LogP contribution in [0, 0.1) is 0 Å². The molecule has 114 valence electrons. The van der Waals surface area contributed by atoms with Crippen molar-refractivity contribution in [1.29, 1.82) is 0 Å². The molecule has 0 saturated heterocycles. The molecule has 0 aliphatic carbocycles. The maximum Gasteiger partial charge on any atom is 0.266 e. The molecule has 1 heterocycles. The summed E-state index contributed by atoms with van der Waals surface area (Å²) in [5.41, 5.74) is 0.392. The Morgan fingerprint density at radius 1 is 1.33 bits per heavy atom. The molecule has 0 saturated carbocycles. The second-order valence-corrected chi connectivity index (χ2v) is 7.05. The summed E-state index contributed by atoms with van der Waals surface area (Å²) in [5.74, 6) is 0.537. The molecule has 8 heteroatoms. The number of rotatable bonds is 6. The summed E-state index contributed by atoms with van der Waals surface area (Å²) in [6.45, 7) is 3.18. The van der Waals surface area contributed by atoms with Gasteiger partial charge in [-0.05, 0) is 40.7 Å². The number of hydrogen-bond donors (Lipinski definition) is 2. The Bertz CT molecular complexity index is 731. The van der Waals surface area contributed by atoms with Gasteiger partial charge in [0.2, 0.25) is 0 Å². The number of anilines is 1. The average molecular weight is 394 g/mol. The topological polar surface area (TPSA) is 71.3 Å². The Balaban J connectivity index is 2.25. The van der Waals surface area contributed by atoms with Gasteiger partial charge in [-0.15, -0.1) is 0 Å². The fourth-order valence-electron chi connectivity index (χ4n) is 1.68. The monoisotopic (exact) mass is 392 g/mol. The zero-order chi connectivity index (χ0) is 15.5. The van der Waals surface area contributed by atoms with Gasteiger partial charge in [0.05, 0.1) is 12.2 Å². The normalized spacial score (nSPS) is 11.6. The zero-order valence-corrected chi connectivity index (χ0v) is 14.3. The fraction of sp³-hybridized carbons (Fsp3) is 0.231. The predicted octanol–water partition coefficient (Wildman–Crippen LogP) is 3.61. The van der Waals surface area contributed by atoms with E-state index in [0.29, 0.717) is 23.0 Å². The van der Waals surface area contributed by atoms with E-state index in [0.717, 1.165) is 6.54 Å². The fourth-order valence-corrected chi connectivity index (χ4v) is 3.92. The summed E-state index contributed by atoms with van der Waals surface area (Å²) >= 11 is 8.97. The minimum atomic E-state index is -3.74. The lowest BCUT2D eigenvalue weighted by Gasteiger charge is -2.06. The summed E-state index contributed by atoms with van der Waals surface area (Å²) in [6, 6.07) is 7.98. The molecule has 1 aromatic heterocycles. The van der Waals surface area contributed by atoms with Crippen molar-refractivity contribution in [1.82, 2.24) is 5.32 Å². The molecule has 21 heavy (non-hydrogen) atoms. The van der Waals surface area contributed by atoms with Gasteiger partial charge in [0.1, 0.15) is 10.7 Å². The van der Waals surface area contributed by atoms with Crippen molar-refractivity contribution >= 4 is 43.2 Å². The lowest BCUT2D eigenvalue weighted by molar-refractivity contribution is 0.464. The quantitative estimate of drug-likeness (QED) is 0.786. The Hall–Kier alpha value is -1.02. The number of sulfonamides is 1. The maximum absolute atomic E-state index is 12.4. The number of benzene rings is 1. The first-order valence-corrected chi connectivity index (χ1v) is 8.85. The van der Waals surface area contributed by atoms with Gasteiger partial charge in [-0.1, -0.05) is 24.6 Å². The SMILES string of the molecule is CCNCc1cc(S(=O)(=O)Nc2cccc(Cl)c2)c(Br)o1. The minimum Gasteiger partial charge on any atom is -0.451 e. The van der Waals surface area contributed by atoms with Crippen molar-refractivity contribution in [2.75, 3.05) is 11.3 Å². The van der Waals surface area contributed by atoms with E-state index < -0.39 is 10.0 Å². The molecule has 0 aliphatic rings. The van der Waals surface area contributed by atoms with E-state index in [2.05, 4.69) is 26.0 Å². The predicted molar refractivity (Wildman–Crippen MR) is 86.0 cm³/mol. The summed E-state index contributed by atoms with van der Waals surface area (Å²) in [4.78, 5) is 0.0513. The van der Waals surface area contributed by atoms with Crippen molar-refractivity contribution in [3.05, 3.63) is 45.8 Å². The largest absolute Gasteiger partial charge is 0.451 e. The number of hydrogen-bond acceptors (Lipinski definition) is 4. The van der Waals surface area contributed by atoms with Crippen LogP contribution in [0.25, 0.3) is 0 Å². The van der Waals surface area contributed by atoms with Gasteiger partial charge >= 0.3 is 0 Å². The molecule has 0 radical (unpaired) electrons. The van der Waals surface area contributed by atoms with Crippen LogP contribution in [0.15, 0.2) is 44.3 Å². The van der Waals surface area contributed by atoms with Crippen molar-refractivity contribution in [3.8, 4) is 0 Å². The first-order chi connectivity index (χ1) is 9.92. The highest BCUT2D eigenvalue weighted by Gasteiger charge is 2.22. The molecule has 0 aliphatic heterocycles. The minimum absolute atomic E-state index is 0.0513. The zero-order valence-electron chi connectivity index (χ0n) is 11.2. The molecule has 1 aromatic carbocycles. The summed E-state index contributed by atoms with van der Waals surface area (Å²) < 4.78 is 32.7. The summed E-state index contributed by atoms with van der Waals surface area (Å²) in [5, 5.41) is 3.52. The third-order valence-electron chi connectivity index (χ3n) is 2.62. The highest BCUT2D eigenvalue weighted by atomic mass is 79.9. The average Bonchev–Trinajstić information content (AvgIpc) is 2.78. The first-order valence-electron chi connectivity index (χ1n) is 6.19. The highest BCUT2D eigenvalue weighted by Crippen LogP contribution is 2.28. The second kappa shape index (κ2) is 6.83. The third-order valence-corrected chi connectivity index (χ3v) is 5.10. The molecule has 0 fully saturated rings. The number of halogens is 2. The number of furan rings is 1. The molecule has 0 amide bonds. The van der Waals surface area contributed by atoms with E-state index in [1.54, 1.807) is 18.2 Å². The van der Waals surface area contributed by atoms with Crippen LogP contribution in [0.4, 0.5) is 5.69 Å². The molecular formula is C13H14BrClN2O3S. The molecule has 0 spiro atoms. The molecule has 0 atom stereocenters. The molecular weight excluding hydrogens is 380 g/mol. The lowest BCUT2D eigenvalue weighted by Crippen LogP contribution is -2.13. The molecule has 5 nitrogen and oxygen atoms in total. The van der Waals surface area contributed by atoms with Gasteiger partial charge < -0.3 is 9.73 Å². The van der Waals surface area contributed by atoms with Crippen LogP contribution in [0.3, 0.4) is 0 Å². The highest BCUT2D eigenvalue weighted by molar-refractivity contribution is 9.10. The Kier molecular flexibility index (Phi) is 5.32. The van der Waals surface area contributed by atoms with Crippen LogP contribution in [0.1, 0.15) is 12.7 Å². The van der Waals surface area contributed by atoms with E-state index in [-0.39, 0.29) is 9.56 Å². The molecule has 2 aromatic rings. The summed E-state index contributed by atoms with van der Waals surface area (Å²) in [6.07, 6.45) is 0. The van der Waals surface area contributed by atoms with E-state index in [9.17, 15) is 8.42 Å². The Labute approximate surface area is 136 Å². The van der Waals surface area contributed by atoms with E-state index in [4.69, 9.17) is 16.0 Å². The van der Waals surface area contributed by atoms with Crippen molar-refractivity contribution < 1.29 is 12.8 Å². The van der Waals surface area contributed by atoms with Crippen LogP contribution in [-0.2, 0) is 16.6 Å². The summed E-state index contributed by atoms with van der Waals surface area (Å²) in [7, 11) is -3.74. The van der Waals surface area contributed by atoms with E-state index in [1.165, 1.54) is 12.1 Å². The van der Waals surface area contributed by atoms with Gasteiger partial charge in [-0.3, -0.25) is 4.72 Å². The number of nitrogens with one attached hydrogen (secondary N) is 2. The van der Waals surface area contributed by atoms with E-state index >= 15 is 0 Å². The Morgan fingerprint density at radius 3 is 2.76 bits per heavy atom. The van der Waals surface area contributed by atoms with Crippen LogP contribution in [0.5, 0.6) is 0 Å². The standard InChI is InChI=1S/C13H14BrClN2O3S/c1-2-16-8-11-7-12(13(14)20-11)21(18,19)17-10-5-3-4-9(15)6-10/h3-7,16-17H,2,8H2,1H3. The maximum atomic E-state index is 12.4. The smallest absolute Gasteiger partial charge is 0.266 e. The van der Waals surface area contributed by atoms with Gasteiger partial charge in [0.15, 0.2) is 4.67 Å². The lowest BCUT2D eigenvalue weighted by atomic mass is 10.3. The molecule has 0 unspecified atom stereocenters. The van der Waals surface area contributed by atoms with Crippen LogP contribution < -0.4 is 10.0 Å². The second-order valence-electron chi connectivity index (χ2n) is 4.25. The van der Waals surface area contributed by atoms with Gasteiger partial charge in [0.25, 0.3) is 10.0 Å². The molecule has 2 N–H and O–H groups in total. The van der Waals surface area contributed by atoms with Gasteiger partial charge in [-0.25, -0.2) is 8.42 Å². The van der Waals surface area contributed by atoms with Crippen LogP contribution >= 0.6 is 27.5 Å². The van der Waals surface area contributed by atoms with Crippen molar-refractivity contribution in [2.24, 2.45) is 0 Å². The molecule has 0 bridgehead atoms. The Morgan fingerprint density at radius 2 is 2.10 bits per heavy atom. The van der Waals surface area contributed by atoms with Gasteiger partial charge in [0, 0.05) is 11.1 Å². The van der Waals surface area contributed by atoms with Crippen molar-refractivity contribution in [2.45, 2.75) is 18.4 Å². The molecule has 2 rings (SSSR count). The van der Waals surface area contributed by atoms with Crippen molar-refractivity contribution in [3.63, 3.8) is 0 Å². The van der Waals surface area contributed by atoms with Gasteiger partial charge in [-0.2, -0.15) is 0 Å². The first kappa shape index (κ1) is 16.4.